The Morgan fingerprint density at radius 3 is 3.00 bits per heavy atom. The summed E-state index contributed by atoms with van der Waals surface area (Å²) >= 11 is 0. The van der Waals surface area contributed by atoms with E-state index in [1.54, 1.807) is 7.05 Å². The van der Waals surface area contributed by atoms with Crippen molar-refractivity contribution in [2.45, 2.75) is 13.0 Å². The third-order valence-corrected chi connectivity index (χ3v) is 3.69. The number of hydrogen-bond donors (Lipinski definition) is 0. The topological polar surface area (TPSA) is 34.5 Å². The molecule has 0 aliphatic carbocycles. The molecule has 0 bridgehead atoms. The van der Waals surface area contributed by atoms with Crippen molar-refractivity contribution in [3.05, 3.63) is 36.0 Å². The van der Waals surface area contributed by atoms with E-state index in [-0.39, 0.29) is 11.8 Å². The molecule has 2 aromatic rings. The summed E-state index contributed by atoms with van der Waals surface area (Å²) in [4.78, 5) is 17.0. The summed E-state index contributed by atoms with van der Waals surface area (Å²) in [5.41, 5.74) is 2.45. The third-order valence-electron chi connectivity index (χ3n) is 3.69. The number of benzene rings is 1. The molecule has 1 atom stereocenters. The van der Waals surface area contributed by atoms with Crippen molar-refractivity contribution < 1.29 is 9.63 Å². The molecule has 1 aliphatic rings. The lowest BCUT2D eigenvalue weighted by molar-refractivity contribution is -0.173. The van der Waals surface area contributed by atoms with E-state index < -0.39 is 0 Å². The first kappa shape index (κ1) is 11.3. The van der Waals surface area contributed by atoms with Crippen molar-refractivity contribution in [2.24, 2.45) is 5.92 Å². The Morgan fingerprint density at radius 1 is 1.44 bits per heavy atom. The molecule has 0 spiro atoms. The molecular weight excluding hydrogens is 228 g/mol. The summed E-state index contributed by atoms with van der Waals surface area (Å²) in [6, 6.07) is 10.5. The maximum Gasteiger partial charge on any atom is 0.251 e. The van der Waals surface area contributed by atoms with Crippen molar-refractivity contribution >= 4 is 16.8 Å². The van der Waals surface area contributed by atoms with Crippen molar-refractivity contribution in [3.63, 3.8) is 0 Å². The van der Waals surface area contributed by atoms with Gasteiger partial charge in [0.2, 0.25) is 0 Å². The zero-order chi connectivity index (χ0) is 12.7. The summed E-state index contributed by atoms with van der Waals surface area (Å²) in [5.74, 6) is 0.0415. The number of hydrogen-bond acceptors (Lipinski definition) is 2. The minimum Gasteiger partial charge on any atom is -0.344 e. The number of fused-ring (bicyclic) bond motifs is 3. The zero-order valence-electron chi connectivity index (χ0n) is 10.6. The van der Waals surface area contributed by atoms with Crippen LogP contribution in [0.3, 0.4) is 0 Å². The van der Waals surface area contributed by atoms with Crippen LogP contribution in [0.15, 0.2) is 30.3 Å². The number of carbonyl (C=O) groups excluding carboxylic acids is 1. The molecule has 0 fully saturated rings. The Kier molecular flexibility index (Phi) is 2.59. The highest BCUT2D eigenvalue weighted by Gasteiger charge is 2.30. The first-order valence-electron chi connectivity index (χ1n) is 6.09. The lowest BCUT2D eigenvalue weighted by Gasteiger charge is -2.17. The van der Waals surface area contributed by atoms with Gasteiger partial charge < -0.3 is 4.57 Å². The highest BCUT2D eigenvalue weighted by atomic mass is 16.7. The minimum absolute atomic E-state index is 0.00504. The summed E-state index contributed by atoms with van der Waals surface area (Å²) in [6.07, 6.45) is 0.793. The minimum atomic E-state index is -0.00504. The van der Waals surface area contributed by atoms with Gasteiger partial charge in [-0.15, -0.1) is 0 Å². The molecule has 1 unspecified atom stereocenters. The smallest absolute Gasteiger partial charge is 0.251 e. The fourth-order valence-electron chi connectivity index (χ4n) is 2.70. The lowest BCUT2D eigenvalue weighted by atomic mass is 10.1. The summed E-state index contributed by atoms with van der Waals surface area (Å²) in [7, 11) is 3.18. The van der Waals surface area contributed by atoms with Gasteiger partial charge >= 0.3 is 0 Å². The van der Waals surface area contributed by atoms with Crippen molar-refractivity contribution in [1.29, 1.82) is 0 Å². The number of amides is 1. The fraction of sp³-hybridized carbons (Fsp3) is 0.357. The van der Waals surface area contributed by atoms with Crippen molar-refractivity contribution in [1.82, 2.24) is 9.63 Å². The van der Waals surface area contributed by atoms with Crippen LogP contribution in [0, 0.1) is 5.92 Å². The highest BCUT2D eigenvalue weighted by Crippen LogP contribution is 2.29. The van der Waals surface area contributed by atoms with Crippen LogP contribution in [0.1, 0.15) is 5.69 Å². The van der Waals surface area contributed by atoms with Gasteiger partial charge in [0, 0.05) is 31.2 Å². The monoisotopic (exact) mass is 244 g/mol. The van der Waals surface area contributed by atoms with Crippen LogP contribution in [0.4, 0.5) is 0 Å². The average Bonchev–Trinajstić information content (AvgIpc) is 2.94. The van der Waals surface area contributed by atoms with E-state index in [9.17, 15) is 4.79 Å². The number of aromatic nitrogens is 1. The second kappa shape index (κ2) is 4.14. The molecule has 0 saturated carbocycles. The van der Waals surface area contributed by atoms with Crippen LogP contribution in [0.5, 0.6) is 0 Å². The summed E-state index contributed by atoms with van der Waals surface area (Å²) < 4.78 is 2.24. The zero-order valence-corrected chi connectivity index (χ0v) is 10.6. The molecule has 18 heavy (non-hydrogen) atoms. The molecule has 1 amide bonds. The largest absolute Gasteiger partial charge is 0.344 e. The Bertz CT molecular complexity index is 603. The number of rotatable bonds is 2. The molecule has 1 aromatic carbocycles. The normalized spacial score (nSPS) is 18.0. The van der Waals surface area contributed by atoms with E-state index >= 15 is 0 Å². The van der Waals surface area contributed by atoms with E-state index in [1.807, 2.05) is 12.1 Å². The maximum absolute atomic E-state index is 12.1. The molecule has 4 nitrogen and oxygen atoms in total. The second-order valence-electron chi connectivity index (χ2n) is 4.72. The number of nitrogens with zero attached hydrogens (tertiary/aromatic N) is 2. The van der Waals surface area contributed by atoms with Gasteiger partial charge in [-0.2, -0.15) is 0 Å². The quantitative estimate of drug-likeness (QED) is 0.755. The predicted octanol–water partition coefficient (Wildman–Crippen LogP) is 1.83. The van der Waals surface area contributed by atoms with Gasteiger partial charge in [0.05, 0.1) is 13.0 Å². The maximum atomic E-state index is 12.1. The van der Waals surface area contributed by atoms with Crippen LogP contribution in [-0.4, -0.2) is 29.7 Å². The third kappa shape index (κ3) is 1.61. The lowest BCUT2D eigenvalue weighted by Crippen LogP contribution is -2.32. The van der Waals surface area contributed by atoms with Gasteiger partial charge in [-0.3, -0.25) is 9.63 Å². The Balaban J connectivity index is 1.90. The Hall–Kier alpha value is -1.81. The van der Waals surface area contributed by atoms with E-state index in [4.69, 9.17) is 4.84 Å². The molecule has 3 rings (SSSR count). The first-order chi connectivity index (χ1) is 8.70. The molecule has 0 radical (unpaired) electrons. The second-order valence-corrected chi connectivity index (χ2v) is 4.72. The van der Waals surface area contributed by atoms with Gasteiger partial charge in [0.1, 0.15) is 0 Å². The van der Waals surface area contributed by atoms with Crippen molar-refractivity contribution in [2.75, 3.05) is 14.2 Å². The van der Waals surface area contributed by atoms with Crippen LogP contribution in [0.2, 0.25) is 0 Å². The van der Waals surface area contributed by atoms with Gasteiger partial charge in [0.25, 0.3) is 5.91 Å². The molecule has 2 heterocycles. The van der Waals surface area contributed by atoms with Gasteiger partial charge in [0.15, 0.2) is 0 Å². The number of para-hydroxylation sites is 1. The number of hydroxylamine groups is 2. The standard InChI is InChI=1S/C14H16N2O2/c1-15(18-2)14(17)11-8-12-7-10-5-3-4-6-13(10)16(12)9-11/h3-7,11H,8-9H2,1-2H3. The van der Waals surface area contributed by atoms with E-state index in [1.165, 1.54) is 28.8 Å². The molecule has 1 aromatic heterocycles. The van der Waals surface area contributed by atoms with E-state index in [0.29, 0.717) is 0 Å². The molecule has 4 heteroatoms. The molecule has 0 saturated heterocycles. The predicted molar refractivity (Wildman–Crippen MR) is 68.9 cm³/mol. The highest BCUT2D eigenvalue weighted by molar-refractivity contribution is 5.84. The van der Waals surface area contributed by atoms with Crippen LogP contribution >= 0.6 is 0 Å². The fourth-order valence-corrected chi connectivity index (χ4v) is 2.70. The molecule has 94 valence electrons. The van der Waals surface area contributed by atoms with Crippen LogP contribution < -0.4 is 0 Å². The van der Waals surface area contributed by atoms with E-state index in [2.05, 4.69) is 22.8 Å². The number of carbonyl (C=O) groups is 1. The van der Waals surface area contributed by atoms with Crippen molar-refractivity contribution in [3.8, 4) is 0 Å². The van der Waals surface area contributed by atoms with Gasteiger partial charge in [-0.1, -0.05) is 18.2 Å². The van der Waals surface area contributed by atoms with Gasteiger partial charge in [-0.25, -0.2) is 5.06 Å². The summed E-state index contributed by atoms with van der Waals surface area (Å²) in [6.45, 7) is 0.745. The van der Waals surface area contributed by atoms with E-state index in [0.717, 1.165) is 13.0 Å². The average molecular weight is 244 g/mol. The Morgan fingerprint density at radius 2 is 2.22 bits per heavy atom. The van der Waals surface area contributed by atoms with Crippen LogP contribution in [0.25, 0.3) is 10.9 Å². The molecular formula is C14H16N2O2. The van der Waals surface area contributed by atoms with Gasteiger partial charge in [-0.05, 0) is 17.5 Å². The molecule has 0 N–H and O–H groups in total. The van der Waals surface area contributed by atoms with Crippen LogP contribution in [-0.2, 0) is 22.6 Å². The SMILES string of the molecule is CON(C)C(=O)C1Cc2cc3ccccc3n2C1. The summed E-state index contributed by atoms with van der Waals surface area (Å²) in [5, 5.41) is 2.57. The molecule has 1 aliphatic heterocycles. The first-order valence-corrected chi connectivity index (χ1v) is 6.09. The Labute approximate surface area is 106 Å².